The van der Waals surface area contributed by atoms with Crippen molar-refractivity contribution in [3.05, 3.63) is 108 Å². The molecule has 0 bridgehead atoms. The molecule has 0 saturated heterocycles. The monoisotopic (exact) mass is 420 g/mol. The molecule has 0 unspecified atom stereocenters. The van der Waals surface area contributed by atoms with Crippen molar-refractivity contribution in [2.45, 2.75) is 19.4 Å². The summed E-state index contributed by atoms with van der Waals surface area (Å²) in [7, 11) is 0. The summed E-state index contributed by atoms with van der Waals surface area (Å²) in [6, 6.07) is 28.5. The van der Waals surface area contributed by atoms with Crippen molar-refractivity contribution >= 4 is 27.7 Å². The van der Waals surface area contributed by atoms with Crippen LogP contribution in [0.4, 0.5) is 0 Å². The maximum Gasteiger partial charge on any atom is 0.269 e. The van der Waals surface area contributed by atoms with Crippen LogP contribution < -0.4 is 5.32 Å². The predicted octanol–water partition coefficient (Wildman–Crippen LogP) is 5.00. The van der Waals surface area contributed by atoms with E-state index in [0.717, 1.165) is 36.2 Å². The molecule has 2 heterocycles. The van der Waals surface area contributed by atoms with Gasteiger partial charge in [0.2, 0.25) is 0 Å². The van der Waals surface area contributed by atoms with Gasteiger partial charge in [-0.25, -0.2) is 4.98 Å². The third kappa shape index (κ3) is 4.10. The molecule has 2 aromatic heterocycles. The Hall–Kier alpha value is -3.99. The summed E-state index contributed by atoms with van der Waals surface area (Å²) in [5.74, 6) is 0.890. The van der Waals surface area contributed by atoms with Gasteiger partial charge in [0.15, 0.2) is 0 Å². The Kier molecular flexibility index (Phi) is 5.62. The highest BCUT2D eigenvalue weighted by Gasteiger charge is 2.12. The molecule has 0 aliphatic heterocycles. The average molecular weight is 421 g/mol. The quantitative estimate of drug-likeness (QED) is 0.377. The van der Waals surface area contributed by atoms with E-state index >= 15 is 0 Å². The minimum atomic E-state index is -0.144. The van der Waals surface area contributed by atoms with Gasteiger partial charge in [-0.15, -0.1) is 0 Å². The lowest BCUT2D eigenvalue weighted by Gasteiger charge is -2.12. The summed E-state index contributed by atoms with van der Waals surface area (Å²) in [5.41, 5.74) is 3.85. The van der Waals surface area contributed by atoms with E-state index in [-0.39, 0.29) is 5.91 Å². The van der Waals surface area contributed by atoms with E-state index in [2.05, 4.69) is 75.5 Å². The lowest BCUT2D eigenvalue weighted by Crippen LogP contribution is -2.25. The number of nitrogens with one attached hydrogen (secondary N) is 1. The summed E-state index contributed by atoms with van der Waals surface area (Å²) < 4.78 is 2.30. The van der Waals surface area contributed by atoms with Crippen molar-refractivity contribution in [1.29, 1.82) is 0 Å². The molecular weight excluding hydrogens is 396 g/mol. The van der Waals surface area contributed by atoms with Gasteiger partial charge in [0.05, 0.1) is 11.0 Å². The fraction of sp³-hybridized carbons (Fsp3) is 0.148. The third-order valence-corrected chi connectivity index (χ3v) is 5.70. The molecule has 0 atom stereocenters. The van der Waals surface area contributed by atoms with Gasteiger partial charge in [0.25, 0.3) is 5.91 Å². The minimum absolute atomic E-state index is 0.144. The smallest absolute Gasteiger partial charge is 0.269 e. The maximum absolute atomic E-state index is 12.2. The number of hydrogen-bond donors (Lipinski definition) is 1. The SMILES string of the molecule is O=C(NCCCc1nc2ccccc2n1Cc1cccc2ccccc12)c1ccccn1. The van der Waals surface area contributed by atoms with Crippen LogP contribution in [-0.2, 0) is 13.0 Å². The van der Waals surface area contributed by atoms with E-state index < -0.39 is 0 Å². The Bertz CT molecular complexity index is 1370. The lowest BCUT2D eigenvalue weighted by molar-refractivity contribution is 0.0948. The standard InChI is InChI=1S/C27H24N4O/c32-27(24-14-5-6-17-28-24)29-18-8-16-26-30-23-13-3-4-15-25(23)31(26)19-21-11-7-10-20-9-1-2-12-22(20)21/h1-7,9-15,17H,8,16,18-19H2,(H,29,32). The molecule has 3 aromatic carbocycles. The summed E-state index contributed by atoms with van der Waals surface area (Å²) >= 11 is 0. The predicted molar refractivity (Wildman–Crippen MR) is 128 cm³/mol. The number of amides is 1. The van der Waals surface area contributed by atoms with Gasteiger partial charge in [0, 0.05) is 25.7 Å². The number of rotatable bonds is 7. The van der Waals surface area contributed by atoms with E-state index in [1.165, 1.54) is 16.3 Å². The van der Waals surface area contributed by atoms with Crippen molar-refractivity contribution in [3.63, 3.8) is 0 Å². The molecule has 5 rings (SSSR count). The number of aromatic nitrogens is 3. The van der Waals surface area contributed by atoms with Crippen LogP contribution in [0.15, 0.2) is 91.1 Å². The van der Waals surface area contributed by atoms with E-state index in [1.807, 2.05) is 12.1 Å². The second-order valence-electron chi connectivity index (χ2n) is 7.82. The lowest BCUT2D eigenvalue weighted by atomic mass is 10.0. The molecule has 1 N–H and O–H groups in total. The van der Waals surface area contributed by atoms with Crippen molar-refractivity contribution in [1.82, 2.24) is 19.9 Å². The first-order valence-corrected chi connectivity index (χ1v) is 10.9. The molecule has 0 radical (unpaired) electrons. The highest BCUT2D eigenvalue weighted by atomic mass is 16.1. The zero-order chi connectivity index (χ0) is 21.8. The van der Waals surface area contributed by atoms with Gasteiger partial charge >= 0.3 is 0 Å². The second-order valence-corrected chi connectivity index (χ2v) is 7.82. The van der Waals surface area contributed by atoms with Crippen LogP contribution in [0.2, 0.25) is 0 Å². The van der Waals surface area contributed by atoms with Crippen molar-refractivity contribution < 1.29 is 4.79 Å². The van der Waals surface area contributed by atoms with Crippen LogP contribution in [0.5, 0.6) is 0 Å². The molecule has 5 heteroatoms. The number of nitrogens with zero attached hydrogens (tertiary/aromatic N) is 3. The van der Waals surface area contributed by atoms with Crippen molar-refractivity contribution in [3.8, 4) is 0 Å². The molecule has 32 heavy (non-hydrogen) atoms. The molecule has 158 valence electrons. The van der Waals surface area contributed by atoms with E-state index in [0.29, 0.717) is 12.2 Å². The minimum Gasteiger partial charge on any atom is -0.351 e. The van der Waals surface area contributed by atoms with Crippen LogP contribution in [0, 0.1) is 0 Å². The first-order valence-electron chi connectivity index (χ1n) is 10.9. The Morgan fingerprint density at radius 3 is 2.59 bits per heavy atom. The summed E-state index contributed by atoms with van der Waals surface area (Å²) in [6.45, 7) is 1.34. The molecule has 0 aliphatic rings. The zero-order valence-corrected chi connectivity index (χ0v) is 17.7. The molecule has 0 aliphatic carbocycles. The Labute approximate surface area is 186 Å². The van der Waals surface area contributed by atoms with Crippen molar-refractivity contribution in [2.24, 2.45) is 0 Å². The highest BCUT2D eigenvalue weighted by Crippen LogP contribution is 2.23. The van der Waals surface area contributed by atoms with E-state index in [4.69, 9.17) is 4.98 Å². The number of carbonyl (C=O) groups is 1. The van der Waals surface area contributed by atoms with Crippen molar-refractivity contribution in [2.75, 3.05) is 6.54 Å². The van der Waals surface area contributed by atoms with Crippen LogP contribution in [0.1, 0.15) is 28.3 Å². The zero-order valence-electron chi connectivity index (χ0n) is 17.7. The summed E-state index contributed by atoms with van der Waals surface area (Å²) in [5, 5.41) is 5.47. The van der Waals surface area contributed by atoms with Gasteiger partial charge < -0.3 is 9.88 Å². The molecule has 0 spiro atoms. The number of fused-ring (bicyclic) bond motifs is 2. The van der Waals surface area contributed by atoms with Gasteiger partial charge in [0.1, 0.15) is 11.5 Å². The van der Waals surface area contributed by atoms with E-state index in [9.17, 15) is 4.79 Å². The number of benzene rings is 3. The number of carbonyl (C=O) groups excluding carboxylic acids is 1. The molecular formula is C27H24N4O. The first kappa shape index (κ1) is 19.9. The van der Waals surface area contributed by atoms with Gasteiger partial charge in [-0.3, -0.25) is 9.78 Å². The Morgan fingerprint density at radius 1 is 0.875 bits per heavy atom. The van der Waals surface area contributed by atoms with Crippen LogP contribution >= 0.6 is 0 Å². The highest BCUT2D eigenvalue weighted by molar-refractivity contribution is 5.92. The third-order valence-electron chi connectivity index (χ3n) is 5.70. The van der Waals surface area contributed by atoms with Gasteiger partial charge in [-0.1, -0.05) is 60.7 Å². The Morgan fingerprint density at radius 2 is 1.69 bits per heavy atom. The maximum atomic E-state index is 12.2. The number of aryl methyl sites for hydroxylation is 1. The number of pyridine rings is 1. The number of imidazole rings is 1. The fourth-order valence-corrected chi connectivity index (χ4v) is 4.13. The number of para-hydroxylation sites is 2. The number of hydrogen-bond acceptors (Lipinski definition) is 3. The van der Waals surface area contributed by atoms with Gasteiger partial charge in [-0.2, -0.15) is 0 Å². The van der Waals surface area contributed by atoms with Crippen LogP contribution in [-0.4, -0.2) is 27.0 Å². The molecule has 1 amide bonds. The Balaban J connectivity index is 1.36. The average Bonchev–Trinajstić information content (AvgIpc) is 3.19. The van der Waals surface area contributed by atoms with E-state index in [1.54, 1.807) is 18.3 Å². The molecule has 5 nitrogen and oxygen atoms in total. The van der Waals surface area contributed by atoms with Crippen LogP contribution in [0.25, 0.3) is 21.8 Å². The molecule has 0 fully saturated rings. The first-order chi connectivity index (χ1) is 15.8. The largest absolute Gasteiger partial charge is 0.351 e. The molecule has 0 saturated carbocycles. The fourth-order valence-electron chi connectivity index (χ4n) is 4.13. The topological polar surface area (TPSA) is 59.8 Å². The normalized spacial score (nSPS) is 11.1. The summed E-state index contributed by atoms with van der Waals surface area (Å²) in [4.78, 5) is 21.2. The van der Waals surface area contributed by atoms with Gasteiger partial charge in [-0.05, 0) is 47.0 Å². The molecule has 5 aromatic rings. The van der Waals surface area contributed by atoms with Crippen LogP contribution in [0.3, 0.4) is 0 Å². The second kappa shape index (κ2) is 9.02. The summed E-state index contributed by atoms with van der Waals surface area (Å²) in [6.07, 6.45) is 3.21.